The molecule has 108 valence electrons. The maximum atomic E-state index is 5.56. The quantitative estimate of drug-likeness (QED) is 0.877. The highest BCUT2D eigenvalue weighted by Gasteiger charge is 2.06. The Morgan fingerprint density at radius 1 is 1.15 bits per heavy atom. The molecular weight excluding hydrogens is 254 g/mol. The normalized spacial score (nSPS) is 11.3. The van der Waals surface area contributed by atoms with Crippen molar-refractivity contribution in [3.63, 3.8) is 0 Å². The fourth-order valence-electron chi connectivity index (χ4n) is 1.57. The third-order valence-corrected chi connectivity index (χ3v) is 2.71. The third-order valence-electron chi connectivity index (χ3n) is 2.71. The summed E-state index contributed by atoms with van der Waals surface area (Å²) in [5.74, 6) is 0.645. The van der Waals surface area contributed by atoms with Crippen molar-refractivity contribution in [2.45, 2.75) is 46.3 Å². The Morgan fingerprint density at radius 2 is 1.85 bits per heavy atom. The number of nitrogens with one attached hydrogen (secondary N) is 1. The molecule has 1 N–H and O–H groups in total. The van der Waals surface area contributed by atoms with Crippen molar-refractivity contribution in [1.29, 1.82) is 0 Å². The predicted octanol–water partition coefficient (Wildman–Crippen LogP) is 2.54. The van der Waals surface area contributed by atoms with Gasteiger partial charge in [0.2, 0.25) is 0 Å². The molecule has 0 aliphatic rings. The minimum atomic E-state index is 0.303. The molecule has 6 nitrogen and oxygen atoms in total. The molecule has 2 aromatic heterocycles. The second kappa shape index (κ2) is 6.47. The van der Waals surface area contributed by atoms with Crippen LogP contribution in [0.2, 0.25) is 0 Å². The Labute approximate surface area is 119 Å². The van der Waals surface area contributed by atoms with Crippen LogP contribution in [0.5, 0.6) is 11.8 Å². The smallest absolute Gasteiger partial charge is 0.321 e. The van der Waals surface area contributed by atoms with Gasteiger partial charge in [0.05, 0.1) is 12.4 Å². The van der Waals surface area contributed by atoms with Gasteiger partial charge >= 0.3 is 6.01 Å². The molecule has 0 spiro atoms. The second-order valence-corrected chi connectivity index (χ2v) is 5.26. The molecule has 0 aliphatic heterocycles. The van der Waals surface area contributed by atoms with Crippen LogP contribution in [0.25, 0.3) is 0 Å². The zero-order valence-electron chi connectivity index (χ0n) is 12.4. The van der Waals surface area contributed by atoms with Crippen molar-refractivity contribution in [1.82, 2.24) is 25.1 Å². The predicted molar refractivity (Wildman–Crippen MR) is 76.7 cm³/mol. The Kier molecular flexibility index (Phi) is 4.68. The van der Waals surface area contributed by atoms with Crippen LogP contribution in [0.4, 0.5) is 0 Å². The van der Waals surface area contributed by atoms with Crippen LogP contribution in [-0.4, -0.2) is 25.8 Å². The molecule has 2 heterocycles. The third kappa shape index (κ3) is 4.03. The van der Waals surface area contributed by atoms with E-state index in [9.17, 15) is 0 Å². The lowest BCUT2D eigenvalue weighted by Gasteiger charge is -2.07. The maximum absolute atomic E-state index is 5.56. The van der Waals surface area contributed by atoms with E-state index in [0.29, 0.717) is 23.8 Å². The van der Waals surface area contributed by atoms with E-state index >= 15 is 0 Å². The molecule has 6 heteroatoms. The summed E-state index contributed by atoms with van der Waals surface area (Å²) < 4.78 is 7.39. The first-order valence-electron chi connectivity index (χ1n) is 6.81. The number of nitrogens with zero attached hydrogens (tertiary/aromatic N) is 4. The van der Waals surface area contributed by atoms with Gasteiger partial charge in [-0.3, -0.25) is 4.68 Å². The van der Waals surface area contributed by atoms with E-state index < -0.39 is 0 Å². The molecule has 0 amide bonds. The molecule has 0 aromatic carbocycles. The fourth-order valence-corrected chi connectivity index (χ4v) is 1.57. The molecule has 2 aromatic rings. The fraction of sp³-hybridized carbons (Fsp3) is 0.500. The van der Waals surface area contributed by atoms with Crippen LogP contribution in [-0.2, 0) is 6.54 Å². The van der Waals surface area contributed by atoms with Gasteiger partial charge in [-0.15, -0.1) is 0 Å². The van der Waals surface area contributed by atoms with Crippen LogP contribution in [0.15, 0.2) is 24.8 Å². The van der Waals surface area contributed by atoms with Crippen molar-refractivity contribution in [3.05, 3.63) is 30.4 Å². The molecule has 0 aliphatic carbocycles. The van der Waals surface area contributed by atoms with Crippen molar-refractivity contribution >= 4 is 0 Å². The lowest BCUT2D eigenvalue weighted by molar-refractivity contribution is 0.437. The van der Waals surface area contributed by atoms with Crippen molar-refractivity contribution in [2.75, 3.05) is 0 Å². The van der Waals surface area contributed by atoms with E-state index in [4.69, 9.17) is 4.74 Å². The summed E-state index contributed by atoms with van der Waals surface area (Å²) >= 11 is 0. The van der Waals surface area contributed by atoms with Gasteiger partial charge in [-0.25, -0.2) is 9.97 Å². The molecule has 20 heavy (non-hydrogen) atoms. The molecule has 0 unspecified atom stereocenters. The number of ether oxygens (including phenoxy) is 1. The Morgan fingerprint density at radius 3 is 2.40 bits per heavy atom. The van der Waals surface area contributed by atoms with Crippen LogP contribution < -0.4 is 10.1 Å². The van der Waals surface area contributed by atoms with Crippen molar-refractivity contribution in [2.24, 2.45) is 0 Å². The van der Waals surface area contributed by atoms with Crippen molar-refractivity contribution in [3.8, 4) is 11.8 Å². The lowest BCUT2D eigenvalue weighted by Crippen LogP contribution is -2.21. The van der Waals surface area contributed by atoms with Crippen LogP contribution in [0.3, 0.4) is 0 Å². The minimum Gasteiger partial charge on any atom is -0.421 e. The molecule has 0 atom stereocenters. The van der Waals surface area contributed by atoms with Crippen LogP contribution >= 0.6 is 0 Å². The SMILES string of the molecule is CC(C)NCc1cnc(Oc2cnn(C(C)C)c2)nc1. The highest BCUT2D eigenvalue weighted by Crippen LogP contribution is 2.17. The Bertz CT molecular complexity index is 533. The number of hydrogen-bond donors (Lipinski definition) is 1. The van der Waals surface area contributed by atoms with Gasteiger partial charge in [-0.1, -0.05) is 13.8 Å². The van der Waals surface area contributed by atoms with Crippen molar-refractivity contribution < 1.29 is 4.74 Å². The highest BCUT2D eigenvalue weighted by atomic mass is 16.5. The van der Waals surface area contributed by atoms with Gasteiger partial charge in [0, 0.05) is 36.6 Å². The summed E-state index contributed by atoms with van der Waals surface area (Å²) in [5, 5.41) is 7.52. The van der Waals surface area contributed by atoms with Crippen LogP contribution in [0, 0.1) is 0 Å². The first-order valence-corrected chi connectivity index (χ1v) is 6.81. The van der Waals surface area contributed by atoms with Gasteiger partial charge in [0.25, 0.3) is 0 Å². The van der Waals surface area contributed by atoms with E-state index in [1.807, 2.05) is 10.9 Å². The zero-order valence-corrected chi connectivity index (χ0v) is 12.4. The molecular formula is C14H21N5O. The summed E-state index contributed by atoms with van der Waals surface area (Å²) in [6, 6.07) is 1.08. The number of aromatic nitrogens is 4. The monoisotopic (exact) mass is 275 g/mol. The van der Waals surface area contributed by atoms with E-state index in [1.165, 1.54) is 0 Å². The number of hydrogen-bond acceptors (Lipinski definition) is 5. The molecule has 0 saturated heterocycles. The molecule has 0 saturated carbocycles. The molecule has 0 fully saturated rings. The Balaban J connectivity index is 1.95. The molecule has 2 rings (SSSR count). The molecule has 0 bridgehead atoms. The van der Waals surface area contributed by atoms with Crippen LogP contribution in [0.1, 0.15) is 39.3 Å². The average molecular weight is 275 g/mol. The lowest BCUT2D eigenvalue weighted by atomic mass is 10.3. The summed E-state index contributed by atoms with van der Waals surface area (Å²) in [5.41, 5.74) is 1.03. The first-order chi connectivity index (χ1) is 9.54. The van der Waals surface area contributed by atoms with E-state index in [-0.39, 0.29) is 0 Å². The largest absolute Gasteiger partial charge is 0.421 e. The van der Waals surface area contributed by atoms with Gasteiger partial charge in [-0.05, 0) is 13.8 Å². The van der Waals surface area contributed by atoms with E-state index in [2.05, 4.69) is 48.1 Å². The van der Waals surface area contributed by atoms with E-state index in [1.54, 1.807) is 18.6 Å². The Hall–Kier alpha value is -1.95. The topological polar surface area (TPSA) is 64.9 Å². The maximum Gasteiger partial charge on any atom is 0.321 e. The molecule has 0 radical (unpaired) electrons. The highest BCUT2D eigenvalue weighted by molar-refractivity contribution is 5.18. The summed E-state index contributed by atoms with van der Waals surface area (Å²) in [6.45, 7) is 9.08. The first kappa shape index (κ1) is 14.5. The van der Waals surface area contributed by atoms with Gasteiger partial charge < -0.3 is 10.1 Å². The summed E-state index contributed by atoms with van der Waals surface area (Å²) in [6.07, 6.45) is 7.04. The zero-order chi connectivity index (χ0) is 14.5. The van der Waals surface area contributed by atoms with E-state index in [0.717, 1.165) is 12.1 Å². The minimum absolute atomic E-state index is 0.303. The average Bonchev–Trinajstić information content (AvgIpc) is 2.86. The standard InChI is InChI=1S/C14H21N5O/c1-10(2)15-5-12-6-16-14(17-7-12)20-13-8-18-19(9-13)11(3)4/h6-11,15H,5H2,1-4H3. The summed E-state index contributed by atoms with van der Waals surface area (Å²) in [7, 11) is 0. The van der Waals surface area contributed by atoms with Gasteiger partial charge in [-0.2, -0.15) is 5.10 Å². The second-order valence-electron chi connectivity index (χ2n) is 5.26. The van der Waals surface area contributed by atoms with Gasteiger partial charge in [0.15, 0.2) is 5.75 Å². The number of rotatable bonds is 6. The van der Waals surface area contributed by atoms with Gasteiger partial charge in [0.1, 0.15) is 0 Å². The summed E-state index contributed by atoms with van der Waals surface area (Å²) in [4.78, 5) is 8.39.